The smallest absolute Gasteiger partial charge is 0.417 e. The van der Waals surface area contributed by atoms with Crippen molar-refractivity contribution < 1.29 is 27.9 Å². The van der Waals surface area contributed by atoms with Crippen molar-refractivity contribution in [1.29, 1.82) is 0 Å². The summed E-state index contributed by atoms with van der Waals surface area (Å²) in [6.07, 6.45) is -3.30. The van der Waals surface area contributed by atoms with Crippen LogP contribution in [0.2, 0.25) is 5.02 Å². The molecule has 2 aromatic heterocycles. The number of hydrogen-bond donors (Lipinski definition) is 1. The van der Waals surface area contributed by atoms with Crippen LogP contribution < -0.4 is 4.90 Å². The number of nitrogens with zero attached hydrogens (tertiary/aromatic N) is 4. The van der Waals surface area contributed by atoms with Gasteiger partial charge in [-0.25, -0.2) is 0 Å². The molecule has 0 amide bonds. The zero-order valence-electron chi connectivity index (χ0n) is 15.2. The van der Waals surface area contributed by atoms with Gasteiger partial charge in [0.15, 0.2) is 5.82 Å². The highest BCUT2D eigenvalue weighted by atomic mass is 35.5. The fourth-order valence-corrected chi connectivity index (χ4v) is 3.76. The maximum absolute atomic E-state index is 13.5. The number of hydrogen-bond acceptors (Lipinski definition) is 5. The van der Waals surface area contributed by atoms with Crippen molar-refractivity contribution >= 4 is 40.3 Å². The highest BCUT2D eigenvalue weighted by molar-refractivity contribution is 6.34. The van der Waals surface area contributed by atoms with Gasteiger partial charge in [0.25, 0.3) is 5.91 Å². The van der Waals surface area contributed by atoms with Crippen molar-refractivity contribution in [2.45, 2.75) is 12.6 Å². The summed E-state index contributed by atoms with van der Waals surface area (Å²) in [7, 11) is 0. The number of aromatic nitrogens is 3. The summed E-state index contributed by atoms with van der Waals surface area (Å²) < 4.78 is 41.2. The first-order valence-corrected chi connectivity index (χ1v) is 9.25. The second-order valence-electron chi connectivity index (χ2n) is 6.94. The van der Waals surface area contributed by atoms with Crippen molar-refractivity contribution in [1.82, 2.24) is 14.8 Å². The highest BCUT2D eigenvalue weighted by Crippen LogP contribution is 2.37. The van der Waals surface area contributed by atoms with E-state index in [1.165, 1.54) is 24.4 Å². The molecule has 0 saturated carbocycles. The fourth-order valence-electron chi connectivity index (χ4n) is 3.51. The van der Waals surface area contributed by atoms with Gasteiger partial charge in [-0.3, -0.25) is 14.6 Å². The van der Waals surface area contributed by atoms with Gasteiger partial charge in [0, 0.05) is 25.2 Å². The molecule has 156 valence electrons. The largest absolute Gasteiger partial charge is 0.481 e. The third kappa shape index (κ3) is 3.47. The molecule has 0 bridgehead atoms. The van der Waals surface area contributed by atoms with Gasteiger partial charge in [0.05, 0.1) is 28.1 Å². The molecule has 7 nitrogen and oxygen atoms in total. The summed E-state index contributed by atoms with van der Waals surface area (Å²) in [6, 6.07) is 6.18. The third-order valence-corrected chi connectivity index (χ3v) is 5.18. The fraction of sp³-hybridized carbons (Fsp3) is 0.263. The van der Waals surface area contributed by atoms with Crippen LogP contribution in [-0.2, 0) is 11.0 Å². The number of carboxylic acids is 1. The van der Waals surface area contributed by atoms with E-state index in [2.05, 4.69) is 10.1 Å². The number of rotatable bonds is 4. The minimum absolute atomic E-state index is 0.00390. The first-order valence-electron chi connectivity index (χ1n) is 8.87. The second kappa shape index (κ2) is 7.28. The molecule has 0 aliphatic carbocycles. The second-order valence-corrected chi connectivity index (χ2v) is 7.35. The van der Waals surface area contributed by atoms with Crippen LogP contribution >= 0.6 is 11.6 Å². The van der Waals surface area contributed by atoms with Gasteiger partial charge in [-0.15, -0.1) is 5.10 Å². The number of aliphatic carboxylic acids is 1. The molecule has 0 atom stereocenters. The molecule has 1 aliphatic heterocycles. The van der Waals surface area contributed by atoms with E-state index in [9.17, 15) is 22.8 Å². The van der Waals surface area contributed by atoms with E-state index in [0.29, 0.717) is 24.4 Å². The number of carbonyl (C=O) groups is 2. The van der Waals surface area contributed by atoms with E-state index in [4.69, 9.17) is 16.7 Å². The molecule has 1 saturated heterocycles. The topological polar surface area (TPSA) is 88.3 Å². The van der Waals surface area contributed by atoms with Gasteiger partial charge in [0.1, 0.15) is 5.52 Å². The Hall–Kier alpha value is -3.14. The number of anilines is 1. The lowest BCUT2D eigenvalue weighted by Crippen LogP contribution is -2.48. The summed E-state index contributed by atoms with van der Waals surface area (Å²) in [4.78, 5) is 29.9. The first-order chi connectivity index (χ1) is 14.2. The van der Waals surface area contributed by atoms with Crippen LogP contribution in [-0.4, -0.2) is 44.8 Å². The number of halogens is 4. The molecule has 30 heavy (non-hydrogen) atoms. The summed E-state index contributed by atoms with van der Waals surface area (Å²) >= 11 is 5.96. The Labute approximate surface area is 172 Å². The van der Waals surface area contributed by atoms with Gasteiger partial charge < -0.3 is 10.0 Å². The average Bonchev–Trinajstić information content (AvgIpc) is 3.02. The Balaban J connectivity index is 1.77. The molecule has 0 unspecified atom stereocenters. The summed E-state index contributed by atoms with van der Waals surface area (Å²) in [5, 5.41) is 12.8. The molecule has 1 N–H and O–H groups in total. The predicted octanol–water partition coefficient (Wildman–Crippen LogP) is 3.70. The monoisotopic (exact) mass is 438 g/mol. The lowest BCUT2D eigenvalue weighted by atomic mass is 9.96. The van der Waals surface area contributed by atoms with Crippen LogP contribution in [0.25, 0.3) is 11.0 Å². The van der Waals surface area contributed by atoms with Crippen molar-refractivity contribution in [3.05, 3.63) is 52.7 Å². The summed E-state index contributed by atoms with van der Waals surface area (Å²) in [6.45, 7) is 0.784. The quantitative estimate of drug-likeness (QED) is 0.668. The molecule has 3 aromatic rings. The zero-order valence-corrected chi connectivity index (χ0v) is 16.0. The molecular formula is C19H14ClF3N4O3. The van der Waals surface area contributed by atoms with Crippen molar-refractivity contribution in [2.24, 2.45) is 5.92 Å². The maximum atomic E-state index is 13.5. The Morgan fingerprint density at radius 2 is 1.93 bits per heavy atom. The lowest BCUT2D eigenvalue weighted by molar-refractivity contribution is -0.139. The zero-order chi connectivity index (χ0) is 21.6. The van der Waals surface area contributed by atoms with E-state index in [-0.39, 0.29) is 22.9 Å². The lowest BCUT2D eigenvalue weighted by Gasteiger charge is -2.38. The Bertz CT molecular complexity index is 1160. The number of carbonyl (C=O) groups excluding carboxylic acids is 1. The summed E-state index contributed by atoms with van der Waals surface area (Å²) in [5.41, 5.74) is -1.29. The van der Waals surface area contributed by atoms with Crippen LogP contribution in [0.1, 0.15) is 22.3 Å². The number of pyridine rings is 1. The van der Waals surface area contributed by atoms with E-state index in [1.54, 1.807) is 4.90 Å². The number of benzene rings is 1. The average molecular weight is 439 g/mol. The molecule has 1 aromatic carbocycles. The van der Waals surface area contributed by atoms with Gasteiger partial charge in [-0.05, 0) is 24.3 Å². The van der Waals surface area contributed by atoms with Crippen LogP contribution in [0.5, 0.6) is 0 Å². The molecule has 0 radical (unpaired) electrons. The van der Waals surface area contributed by atoms with E-state index in [1.807, 2.05) is 0 Å². The number of fused-ring (bicyclic) bond motifs is 1. The first kappa shape index (κ1) is 20.1. The van der Waals surface area contributed by atoms with Gasteiger partial charge >= 0.3 is 12.1 Å². The third-order valence-electron chi connectivity index (χ3n) is 4.87. The Kier molecular flexibility index (Phi) is 4.89. The number of alkyl halides is 3. The molecule has 11 heteroatoms. The van der Waals surface area contributed by atoms with Crippen LogP contribution in [0.15, 0.2) is 36.5 Å². The standard InChI is InChI=1S/C19H14ClF3N4O3/c20-12-4-1-3-11(19(21,22)23)15(12)18(30)27-13-5-2-6-24-16(13)17(25-27)26-8-10(9-26)7-14(28)29/h1-6,10H,7-9H2,(H,28,29). The Morgan fingerprint density at radius 3 is 2.60 bits per heavy atom. The van der Waals surface area contributed by atoms with Crippen molar-refractivity contribution in [3.8, 4) is 0 Å². The van der Waals surface area contributed by atoms with Gasteiger partial charge in [0.2, 0.25) is 0 Å². The van der Waals surface area contributed by atoms with Crippen molar-refractivity contribution in [3.63, 3.8) is 0 Å². The molecule has 3 heterocycles. The highest BCUT2D eigenvalue weighted by Gasteiger charge is 2.38. The molecule has 1 fully saturated rings. The number of carboxylic acid groups (broad SMARTS) is 1. The molecule has 4 rings (SSSR count). The van der Waals surface area contributed by atoms with Crippen molar-refractivity contribution in [2.75, 3.05) is 18.0 Å². The van der Waals surface area contributed by atoms with Crippen LogP contribution in [0.3, 0.4) is 0 Å². The maximum Gasteiger partial charge on any atom is 0.417 e. The minimum atomic E-state index is -4.78. The van der Waals surface area contributed by atoms with E-state index >= 15 is 0 Å². The molecular weight excluding hydrogens is 425 g/mol. The SMILES string of the molecule is O=C(O)CC1CN(c2nn(C(=O)c3c(Cl)cccc3C(F)(F)F)c3cccnc23)C1. The predicted molar refractivity (Wildman–Crippen MR) is 102 cm³/mol. The van der Waals surface area contributed by atoms with Gasteiger partial charge in [-0.1, -0.05) is 17.7 Å². The molecule has 0 spiro atoms. The van der Waals surface area contributed by atoms with Crippen LogP contribution in [0, 0.1) is 5.92 Å². The van der Waals surface area contributed by atoms with Gasteiger partial charge in [-0.2, -0.15) is 17.9 Å². The molecule has 1 aliphatic rings. The minimum Gasteiger partial charge on any atom is -0.481 e. The Morgan fingerprint density at radius 1 is 1.20 bits per heavy atom. The van der Waals surface area contributed by atoms with E-state index < -0.39 is 29.2 Å². The van der Waals surface area contributed by atoms with E-state index in [0.717, 1.165) is 16.8 Å². The summed E-state index contributed by atoms with van der Waals surface area (Å²) in [5.74, 6) is -1.72. The normalized spacial score (nSPS) is 14.7. The van der Waals surface area contributed by atoms with Crippen LogP contribution in [0.4, 0.5) is 19.0 Å².